The van der Waals surface area contributed by atoms with Gasteiger partial charge in [-0.3, -0.25) is 19.3 Å². The van der Waals surface area contributed by atoms with Crippen LogP contribution in [0.1, 0.15) is 24.4 Å². The summed E-state index contributed by atoms with van der Waals surface area (Å²) in [4.78, 5) is 36.5. The first kappa shape index (κ1) is 18.2. The maximum Gasteiger partial charge on any atom is 0.325 e. The van der Waals surface area contributed by atoms with E-state index in [0.29, 0.717) is 40.9 Å². The lowest BCUT2D eigenvalue weighted by molar-refractivity contribution is -0.144. The summed E-state index contributed by atoms with van der Waals surface area (Å²) in [7, 11) is 0. The second-order valence-electron chi connectivity index (χ2n) is 6.31. The molecule has 0 bridgehead atoms. The predicted octanol–water partition coefficient (Wildman–Crippen LogP) is 1.45. The van der Waals surface area contributed by atoms with Crippen molar-refractivity contribution in [1.29, 1.82) is 0 Å². The third kappa shape index (κ3) is 3.25. The van der Waals surface area contributed by atoms with E-state index < -0.39 is 29.9 Å². The maximum atomic E-state index is 12.1. The fourth-order valence-electron chi connectivity index (χ4n) is 3.65. The second kappa shape index (κ2) is 6.97. The molecule has 1 fully saturated rings. The van der Waals surface area contributed by atoms with E-state index in [0.717, 1.165) is 0 Å². The van der Waals surface area contributed by atoms with Crippen molar-refractivity contribution in [3.8, 4) is 0 Å². The van der Waals surface area contributed by atoms with Gasteiger partial charge in [0.05, 0.1) is 11.6 Å². The van der Waals surface area contributed by atoms with Crippen LogP contribution in [0.4, 0.5) is 0 Å². The van der Waals surface area contributed by atoms with E-state index >= 15 is 0 Å². The van der Waals surface area contributed by atoms with Crippen LogP contribution in [0.25, 0.3) is 10.9 Å². The molecular weight excluding hydrogens is 362 g/mol. The van der Waals surface area contributed by atoms with Gasteiger partial charge < -0.3 is 20.5 Å². The Hall–Kier alpha value is -2.58. The third-order valence-electron chi connectivity index (χ3n) is 4.66. The number of amides is 1. The minimum Gasteiger partial charge on any atom is -0.480 e. The highest BCUT2D eigenvalue weighted by atomic mass is 35.5. The Morgan fingerprint density at radius 2 is 2.04 bits per heavy atom. The zero-order valence-corrected chi connectivity index (χ0v) is 14.5. The van der Waals surface area contributed by atoms with Crippen molar-refractivity contribution in [3.05, 3.63) is 35.0 Å². The number of fused-ring (bicyclic) bond motifs is 1. The predicted molar refractivity (Wildman–Crippen MR) is 93.9 cm³/mol. The van der Waals surface area contributed by atoms with Crippen LogP contribution < -0.4 is 5.73 Å². The summed E-state index contributed by atoms with van der Waals surface area (Å²) in [5, 5.41) is 20.0. The summed E-state index contributed by atoms with van der Waals surface area (Å²) in [6, 6.07) is 3.11. The summed E-state index contributed by atoms with van der Waals surface area (Å²) in [6.45, 7) is 0.0895. The summed E-state index contributed by atoms with van der Waals surface area (Å²) < 4.78 is 1.45. The average molecular weight is 380 g/mol. The number of hydrogen-bond acceptors (Lipinski definition) is 4. The number of nitrogens with zero attached hydrogens (tertiary/aromatic N) is 2. The van der Waals surface area contributed by atoms with Crippen molar-refractivity contribution in [2.45, 2.75) is 31.5 Å². The van der Waals surface area contributed by atoms with E-state index in [2.05, 4.69) is 0 Å². The second-order valence-corrected chi connectivity index (χ2v) is 6.74. The molecule has 1 aliphatic heterocycles. The van der Waals surface area contributed by atoms with Gasteiger partial charge in [0.2, 0.25) is 5.91 Å². The number of hydrogen-bond donors (Lipinski definition) is 3. The minimum absolute atomic E-state index is 0.331. The Labute approximate surface area is 153 Å². The van der Waals surface area contributed by atoms with Crippen molar-refractivity contribution < 1.29 is 24.6 Å². The Morgan fingerprint density at radius 1 is 1.31 bits per heavy atom. The molecule has 0 saturated carbocycles. The Morgan fingerprint density at radius 3 is 2.65 bits per heavy atom. The summed E-state index contributed by atoms with van der Waals surface area (Å²) in [5.74, 6) is -2.75. The number of carboxylic acids is 2. The molecule has 0 aliphatic carbocycles. The lowest BCUT2D eigenvalue weighted by Gasteiger charge is -2.28. The molecule has 1 amide bonds. The molecular formula is C17H18ClN3O5. The molecule has 4 N–H and O–H groups in total. The number of carboxylic acid groups (broad SMARTS) is 2. The largest absolute Gasteiger partial charge is 0.480 e. The minimum atomic E-state index is -1.12. The molecule has 1 saturated heterocycles. The van der Waals surface area contributed by atoms with Gasteiger partial charge in [-0.15, -0.1) is 0 Å². The van der Waals surface area contributed by atoms with Gasteiger partial charge in [0.15, 0.2) is 0 Å². The highest BCUT2D eigenvalue weighted by Crippen LogP contribution is 2.35. The molecule has 9 heteroatoms. The zero-order valence-electron chi connectivity index (χ0n) is 13.8. The smallest absolute Gasteiger partial charge is 0.325 e. The number of aromatic nitrogens is 1. The quantitative estimate of drug-likeness (QED) is 0.697. The molecule has 1 unspecified atom stereocenters. The SMILES string of the molecule is NC(=O)[C@@H]1CCCN1C(C(=O)O)c1cn(CC(=O)O)c2cc(Cl)ccc12. The molecule has 26 heavy (non-hydrogen) atoms. The van der Waals surface area contributed by atoms with Gasteiger partial charge in [0, 0.05) is 28.7 Å². The molecule has 1 aliphatic rings. The molecule has 8 nitrogen and oxygen atoms in total. The summed E-state index contributed by atoms with van der Waals surface area (Å²) in [6.07, 6.45) is 2.67. The van der Waals surface area contributed by atoms with Crippen LogP contribution in [0.3, 0.4) is 0 Å². The molecule has 1 aromatic heterocycles. The van der Waals surface area contributed by atoms with Gasteiger partial charge >= 0.3 is 11.9 Å². The van der Waals surface area contributed by atoms with Crippen molar-refractivity contribution in [2.24, 2.45) is 5.73 Å². The van der Waals surface area contributed by atoms with Crippen LogP contribution >= 0.6 is 11.6 Å². The first-order chi connectivity index (χ1) is 12.3. The van der Waals surface area contributed by atoms with Gasteiger partial charge in [-0.2, -0.15) is 0 Å². The normalized spacial score (nSPS) is 18.9. The molecule has 3 rings (SSSR count). The van der Waals surface area contributed by atoms with Crippen LogP contribution in [0, 0.1) is 0 Å². The van der Waals surface area contributed by atoms with Crippen molar-refractivity contribution in [3.63, 3.8) is 0 Å². The molecule has 2 aromatic rings. The number of rotatable bonds is 6. The van der Waals surface area contributed by atoms with E-state index in [1.807, 2.05) is 0 Å². The number of primary amides is 1. The topological polar surface area (TPSA) is 126 Å². The van der Waals surface area contributed by atoms with E-state index in [4.69, 9.17) is 22.4 Å². The number of likely N-dealkylation sites (tertiary alicyclic amines) is 1. The third-order valence-corrected chi connectivity index (χ3v) is 4.90. The fourth-order valence-corrected chi connectivity index (χ4v) is 3.81. The van der Waals surface area contributed by atoms with Crippen LogP contribution in [0.2, 0.25) is 5.02 Å². The van der Waals surface area contributed by atoms with Crippen LogP contribution in [0.5, 0.6) is 0 Å². The van der Waals surface area contributed by atoms with E-state index in [1.165, 1.54) is 10.8 Å². The van der Waals surface area contributed by atoms with Crippen LogP contribution in [-0.4, -0.2) is 50.1 Å². The first-order valence-corrected chi connectivity index (χ1v) is 8.45. The standard InChI is InChI=1S/C17H18ClN3O5/c18-9-3-4-10-11(7-20(8-14(22)23)13(10)6-9)15(17(25)26)21-5-1-2-12(21)16(19)24/h3-4,6-7,12,15H,1-2,5,8H2,(H2,19,24)(H,22,23)(H,25,26)/t12-,15?/m0/s1. The Bertz CT molecular complexity index is 894. The number of aliphatic carboxylic acids is 2. The lowest BCUT2D eigenvalue weighted by atomic mass is 10.0. The number of carbonyl (C=O) groups excluding carboxylic acids is 1. The van der Waals surface area contributed by atoms with Crippen molar-refractivity contribution in [2.75, 3.05) is 6.54 Å². The molecule has 138 valence electrons. The van der Waals surface area contributed by atoms with Crippen molar-refractivity contribution >= 4 is 40.3 Å². The lowest BCUT2D eigenvalue weighted by Crippen LogP contribution is -2.44. The Balaban J connectivity index is 2.16. The van der Waals surface area contributed by atoms with Gasteiger partial charge in [-0.05, 0) is 25.0 Å². The zero-order chi connectivity index (χ0) is 19.0. The molecule has 0 spiro atoms. The van der Waals surface area contributed by atoms with E-state index in [1.54, 1.807) is 23.1 Å². The number of carbonyl (C=O) groups is 3. The van der Waals surface area contributed by atoms with Crippen molar-refractivity contribution in [1.82, 2.24) is 9.47 Å². The number of halogens is 1. The molecule has 2 heterocycles. The van der Waals surface area contributed by atoms with Crippen LogP contribution in [-0.2, 0) is 20.9 Å². The monoisotopic (exact) mass is 379 g/mol. The average Bonchev–Trinajstić information content (AvgIpc) is 3.13. The Kier molecular flexibility index (Phi) is 4.88. The van der Waals surface area contributed by atoms with Gasteiger partial charge in [-0.1, -0.05) is 17.7 Å². The highest BCUT2D eigenvalue weighted by Gasteiger charge is 2.40. The first-order valence-electron chi connectivity index (χ1n) is 8.07. The number of nitrogens with two attached hydrogens (primary N) is 1. The van der Waals surface area contributed by atoms with Crippen LogP contribution in [0.15, 0.2) is 24.4 Å². The fraction of sp³-hybridized carbons (Fsp3) is 0.353. The summed E-state index contributed by atoms with van der Waals surface area (Å²) >= 11 is 6.02. The number of benzene rings is 1. The van der Waals surface area contributed by atoms with Gasteiger partial charge in [0.1, 0.15) is 12.6 Å². The van der Waals surface area contributed by atoms with Gasteiger partial charge in [0.25, 0.3) is 0 Å². The molecule has 0 radical (unpaired) electrons. The molecule has 1 aromatic carbocycles. The highest BCUT2D eigenvalue weighted by molar-refractivity contribution is 6.31. The van der Waals surface area contributed by atoms with Gasteiger partial charge in [-0.25, -0.2) is 0 Å². The van der Waals surface area contributed by atoms with E-state index in [-0.39, 0.29) is 6.54 Å². The maximum absolute atomic E-state index is 12.1. The summed E-state index contributed by atoms with van der Waals surface area (Å²) in [5.41, 5.74) is 6.37. The van der Waals surface area contributed by atoms with E-state index in [9.17, 15) is 19.5 Å². The molecule has 2 atom stereocenters.